The van der Waals surface area contributed by atoms with Crippen LogP contribution in [0.1, 0.15) is 59.3 Å². The number of carbonyl (C=O) groups excluding carboxylic acids is 1. The zero-order chi connectivity index (χ0) is 15.7. The average molecular weight is 298 g/mol. The Bertz CT molecular complexity index is 283. The zero-order valence-electron chi connectivity index (χ0n) is 14.1. The van der Waals surface area contributed by atoms with Gasteiger partial charge in [-0.1, -0.05) is 40.0 Å². The number of nitrogens with zero attached hydrogens (tertiary/aromatic N) is 1. The second kappa shape index (κ2) is 10.2. The molecule has 0 bridgehead atoms. The Morgan fingerprint density at radius 1 is 1.24 bits per heavy atom. The lowest BCUT2D eigenvalue weighted by Crippen LogP contribution is -2.37. The maximum absolute atomic E-state index is 10.5. The van der Waals surface area contributed by atoms with Gasteiger partial charge in [0.2, 0.25) is 5.91 Å². The maximum atomic E-state index is 10.5. The van der Waals surface area contributed by atoms with Crippen molar-refractivity contribution in [2.24, 2.45) is 17.6 Å². The Balaban J connectivity index is 0.000000262. The Morgan fingerprint density at radius 3 is 2.19 bits per heavy atom. The van der Waals surface area contributed by atoms with E-state index in [0.717, 1.165) is 44.3 Å². The maximum Gasteiger partial charge on any atom is 0.219 e. The van der Waals surface area contributed by atoms with Crippen molar-refractivity contribution in [3.63, 3.8) is 0 Å². The Hall–Kier alpha value is -0.610. The van der Waals surface area contributed by atoms with Crippen molar-refractivity contribution in [3.05, 3.63) is 0 Å². The fraction of sp³-hybridized carbons (Fsp3) is 0.941. The molecule has 0 atom stereocenters. The van der Waals surface area contributed by atoms with Crippen LogP contribution in [0.4, 0.5) is 0 Å². The summed E-state index contributed by atoms with van der Waals surface area (Å²) in [6.07, 6.45) is 7.31. The van der Waals surface area contributed by atoms with Crippen LogP contribution in [0.2, 0.25) is 0 Å². The van der Waals surface area contributed by atoms with E-state index in [1.165, 1.54) is 19.3 Å². The highest BCUT2D eigenvalue weighted by Gasteiger charge is 2.20. The second-order valence-corrected chi connectivity index (χ2v) is 6.66. The number of hydrogen-bond acceptors (Lipinski definition) is 3. The summed E-state index contributed by atoms with van der Waals surface area (Å²) < 4.78 is 5.56. The molecule has 2 rings (SSSR count). The van der Waals surface area contributed by atoms with Crippen molar-refractivity contribution in [1.82, 2.24) is 4.90 Å². The van der Waals surface area contributed by atoms with Crippen molar-refractivity contribution in [2.75, 3.05) is 26.2 Å². The standard InChI is InChI=1S/C10H20N2O2.C7H14/c1-2-12-6-3-9(4-7-12)14-8-5-10(11)13;1-6(2)7-4-3-5-7/h9H,2-8H2,1H3,(H2,11,13);6-7H,3-5H2,1-2H3. The molecule has 0 aromatic carbocycles. The van der Waals surface area contributed by atoms with Crippen molar-refractivity contribution in [1.29, 1.82) is 0 Å². The summed E-state index contributed by atoms with van der Waals surface area (Å²) in [6, 6.07) is 0. The SMILES string of the molecule is CC(C)C1CCC1.CCN1CCC(OCCC(N)=O)CC1. The molecule has 124 valence electrons. The minimum atomic E-state index is -0.281. The molecule has 1 aliphatic carbocycles. The van der Waals surface area contributed by atoms with Crippen LogP contribution in [0.5, 0.6) is 0 Å². The molecule has 1 aliphatic heterocycles. The van der Waals surface area contributed by atoms with Gasteiger partial charge in [-0.25, -0.2) is 0 Å². The van der Waals surface area contributed by atoms with Crippen molar-refractivity contribution in [2.45, 2.75) is 65.4 Å². The number of carbonyl (C=O) groups is 1. The zero-order valence-corrected chi connectivity index (χ0v) is 14.1. The first kappa shape index (κ1) is 18.4. The van der Waals surface area contributed by atoms with Gasteiger partial charge in [-0.15, -0.1) is 0 Å². The lowest BCUT2D eigenvalue weighted by Gasteiger charge is -2.30. The normalized spacial score (nSPS) is 20.8. The van der Waals surface area contributed by atoms with Gasteiger partial charge in [-0.3, -0.25) is 4.79 Å². The molecule has 0 radical (unpaired) electrons. The predicted octanol–water partition coefficient (Wildman–Crippen LogP) is 2.81. The molecule has 1 saturated carbocycles. The van der Waals surface area contributed by atoms with E-state index in [1.54, 1.807) is 0 Å². The van der Waals surface area contributed by atoms with Crippen molar-refractivity contribution >= 4 is 5.91 Å². The quantitative estimate of drug-likeness (QED) is 0.820. The van der Waals surface area contributed by atoms with E-state index in [-0.39, 0.29) is 5.91 Å². The molecule has 1 saturated heterocycles. The third-order valence-electron chi connectivity index (χ3n) is 4.78. The molecular weight excluding hydrogens is 264 g/mol. The topological polar surface area (TPSA) is 55.6 Å². The summed E-state index contributed by atoms with van der Waals surface area (Å²) in [5.41, 5.74) is 5.02. The number of piperidine rings is 1. The average Bonchev–Trinajstić information content (AvgIpc) is 2.37. The minimum absolute atomic E-state index is 0.281. The van der Waals surface area contributed by atoms with Crippen LogP contribution in [0.15, 0.2) is 0 Å². The van der Waals surface area contributed by atoms with Gasteiger partial charge in [0.25, 0.3) is 0 Å². The first-order valence-electron chi connectivity index (χ1n) is 8.65. The van der Waals surface area contributed by atoms with Gasteiger partial charge in [0.1, 0.15) is 0 Å². The molecule has 21 heavy (non-hydrogen) atoms. The molecule has 2 N–H and O–H groups in total. The third kappa shape index (κ3) is 7.82. The molecule has 0 aromatic heterocycles. The number of hydrogen-bond donors (Lipinski definition) is 1. The van der Waals surface area contributed by atoms with Gasteiger partial charge in [0.05, 0.1) is 12.7 Å². The highest BCUT2D eigenvalue weighted by molar-refractivity contribution is 5.73. The summed E-state index contributed by atoms with van der Waals surface area (Å²) in [4.78, 5) is 12.9. The Kier molecular flexibility index (Phi) is 8.93. The Morgan fingerprint density at radius 2 is 1.86 bits per heavy atom. The van der Waals surface area contributed by atoms with Gasteiger partial charge in [-0.05, 0) is 31.2 Å². The van der Waals surface area contributed by atoms with E-state index in [4.69, 9.17) is 10.5 Å². The van der Waals surface area contributed by atoms with Crippen LogP contribution < -0.4 is 5.73 Å². The predicted molar refractivity (Wildman–Crippen MR) is 87.1 cm³/mol. The fourth-order valence-corrected chi connectivity index (χ4v) is 2.82. The summed E-state index contributed by atoms with van der Waals surface area (Å²) in [7, 11) is 0. The van der Waals surface area contributed by atoms with Gasteiger partial charge < -0.3 is 15.4 Å². The van der Waals surface area contributed by atoms with Crippen LogP contribution in [0.25, 0.3) is 0 Å². The van der Waals surface area contributed by atoms with Gasteiger partial charge >= 0.3 is 0 Å². The van der Waals surface area contributed by atoms with Crippen LogP contribution in [-0.2, 0) is 9.53 Å². The number of primary amides is 1. The van der Waals surface area contributed by atoms with Gasteiger partial charge in [0, 0.05) is 19.5 Å². The number of rotatable bonds is 6. The Labute approximate surface area is 130 Å². The van der Waals surface area contributed by atoms with E-state index in [0.29, 0.717) is 19.1 Å². The molecule has 4 nitrogen and oxygen atoms in total. The highest BCUT2D eigenvalue weighted by atomic mass is 16.5. The molecular formula is C17H34N2O2. The number of likely N-dealkylation sites (tertiary alicyclic amines) is 1. The molecule has 1 amide bonds. The highest BCUT2D eigenvalue weighted by Crippen LogP contribution is 2.32. The van der Waals surface area contributed by atoms with E-state index >= 15 is 0 Å². The lowest BCUT2D eigenvalue weighted by atomic mass is 9.78. The monoisotopic (exact) mass is 298 g/mol. The van der Waals surface area contributed by atoms with Crippen LogP contribution in [-0.4, -0.2) is 43.2 Å². The lowest BCUT2D eigenvalue weighted by molar-refractivity contribution is -0.119. The molecule has 4 heteroatoms. The van der Waals surface area contributed by atoms with E-state index < -0.39 is 0 Å². The van der Waals surface area contributed by atoms with E-state index in [9.17, 15) is 4.79 Å². The van der Waals surface area contributed by atoms with Crippen LogP contribution in [0, 0.1) is 11.8 Å². The molecule has 2 fully saturated rings. The second-order valence-electron chi connectivity index (χ2n) is 6.66. The van der Waals surface area contributed by atoms with Crippen molar-refractivity contribution in [3.8, 4) is 0 Å². The molecule has 2 aliphatic rings. The smallest absolute Gasteiger partial charge is 0.219 e. The molecule has 0 spiro atoms. The van der Waals surface area contributed by atoms with Crippen molar-refractivity contribution < 1.29 is 9.53 Å². The first-order chi connectivity index (χ1) is 10.0. The summed E-state index contributed by atoms with van der Waals surface area (Å²) in [5, 5.41) is 0. The fourth-order valence-electron chi connectivity index (χ4n) is 2.82. The molecule has 1 heterocycles. The summed E-state index contributed by atoms with van der Waals surface area (Å²) in [5.74, 6) is 1.75. The number of ether oxygens (including phenoxy) is 1. The van der Waals surface area contributed by atoms with Gasteiger partial charge in [-0.2, -0.15) is 0 Å². The third-order valence-corrected chi connectivity index (χ3v) is 4.78. The van der Waals surface area contributed by atoms with Crippen LogP contribution in [0.3, 0.4) is 0 Å². The number of nitrogens with two attached hydrogens (primary N) is 1. The first-order valence-corrected chi connectivity index (χ1v) is 8.65. The number of amides is 1. The van der Waals surface area contributed by atoms with Crippen LogP contribution >= 0.6 is 0 Å². The van der Waals surface area contributed by atoms with E-state index in [2.05, 4.69) is 25.7 Å². The summed E-state index contributed by atoms with van der Waals surface area (Å²) >= 11 is 0. The molecule has 0 unspecified atom stereocenters. The van der Waals surface area contributed by atoms with E-state index in [1.807, 2.05) is 0 Å². The van der Waals surface area contributed by atoms with Gasteiger partial charge in [0.15, 0.2) is 0 Å². The summed E-state index contributed by atoms with van der Waals surface area (Å²) in [6.45, 7) is 10.6. The minimum Gasteiger partial charge on any atom is -0.378 e. The largest absolute Gasteiger partial charge is 0.378 e. The molecule has 0 aromatic rings.